The second-order valence-electron chi connectivity index (χ2n) is 4.85. The number of benzene rings is 2. The predicted octanol–water partition coefficient (Wildman–Crippen LogP) is 4.22. The van der Waals surface area contributed by atoms with Crippen molar-refractivity contribution in [2.24, 2.45) is 0 Å². The van der Waals surface area contributed by atoms with Crippen LogP contribution in [-0.4, -0.2) is 4.98 Å². The molecule has 1 heterocycles. The van der Waals surface area contributed by atoms with Gasteiger partial charge in [0.25, 0.3) is 0 Å². The molecule has 1 atom stereocenters. The first-order valence-corrected chi connectivity index (χ1v) is 7.24. The zero-order valence-corrected chi connectivity index (χ0v) is 11.7. The van der Waals surface area contributed by atoms with Crippen molar-refractivity contribution in [2.45, 2.75) is 19.3 Å². The molecular formula is C16H16N2S. The number of nitrogen functional groups attached to an aromatic ring is 1. The Morgan fingerprint density at radius 2 is 1.84 bits per heavy atom. The minimum absolute atomic E-state index is 0.459. The number of para-hydroxylation sites is 1. The van der Waals surface area contributed by atoms with E-state index in [1.807, 2.05) is 18.2 Å². The van der Waals surface area contributed by atoms with Gasteiger partial charge in [0, 0.05) is 12.1 Å². The van der Waals surface area contributed by atoms with Gasteiger partial charge in [-0.05, 0) is 35.7 Å². The second kappa shape index (κ2) is 5.02. The number of aromatic nitrogens is 1. The van der Waals surface area contributed by atoms with Crippen LogP contribution in [-0.2, 0) is 6.42 Å². The van der Waals surface area contributed by atoms with Gasteiger partial charge >= 0.3 is 0 Å². The van der Waals surface area contributed by atoms with Crippen molar-refractivity contribution in [1.29, 1.82) is 0 Å². The van der Waals surface area contributed by atoms with E-state index in [1.54, 1.807) is 11.3 Å². The van der Waals surface area contributed by atoms with Crippen LogP contribution in [0.4, 0.5) is 5.69 Å². The summed E-state index contributed by atoms with van der Waals surface area (Å²) in [7, 11) is 0. The van der Waals surface area contributed by atoms with Crippen LogP contribution in [0.15, 0.2) is 48.5 Å². The van der Waals surface area contributed by atoms with E-state index in [1.165, 1.54) is 15.3 Å². The number of rotatable bonds is 3. The molecule has 19 heavy (non-hydrogen) atoms. The van der Waals surface area contributed by atoms with Crippen LogP contribution in [0.25, 0.3) is 10.2 Å². The summed E-state index contributed by atoms with van der Waals surface area (Å²) in [6, 6.07) is 16.4. The Morgan fingerprint density at radius 1 is 1.11 bits per heavy atom. The molecule has 0 aliphatic carbocycles. The first-order chi connectivity index (χ1) is 9.22. The Hall–Kier alpha value is -1.87. The highest BCUT2D eigenvalue weighted by Gasteiger charge is 2.10. The van der Waals surface area contributed by atoms with E-state index in [0.29, 0.717) is 5.92 Å². The summed E-state index contributed by atoms with van der Waals surface area (Å²) in [6.45, 7) is 2.23. The lowest BCUT2D eigenvalue weighted by atomic mass is 9.98. The van der Waals surface area contributed by atoms with Crippen molar-refractivity contribution in [2.75, 3.05) is 5.73 Å². The molecule has 0 saturated heterocycles. The van der Waals surface area contributed by atoms with Crippen LogP contribution in [0.3, 0.4) is 0 Å². The van der Waals surface area contributed by atoms with E-state index in [9.17, 15) is 0 Å². The fraction of sp³-hybridized carbons (Fsp3) is 0.188. The molecule has 0 fully saturated rings. The van der Waals surface area contributed by atoms with Gasteiger partial charge in [-0.1, -0.05) is 31.2 Å². The number of nitrogens with zero attached hydrogens (tertiary/aromatic N) is 1. The van der Waals surface area contributed by atoms with Gasteiger partial charge in [-0.15, -0.1) is 11.3 Å². The van der Waals surface area contributed by atoms with E-state index in [2.05, 4.69) is 42.2 Å². The standard InChI is InChI=1S/C16H16N2S/c1-11(12-6-8-13(17)9-7-12)10-16-18-14-4-2-3-5-15(14)19-16/h2-9,11H,10,17H2,1H3. The molecule has 0 amide bonds. The molecule has 3 aromatic rings. The van der Waals surface area contributed by atoms with Crippen molar-refractivity contribution in [3.05, 3.63) is 59.1 Å². The molecule has 2 aromatic carbocycles. The molecule has 0 spiro atoms. The Morgan fingerprint density at radius 3 is 2.58 bits per heavy atom. The second-order valence-corrected chi connectivity index (χ2v) is 5.96. The van der Waals surface area contributed by atoms with Crippen molar-refractivity contribution in [1.82, 2.24) is 4.98 Å². The lowest BCUT2D eigenvalue weighted by Gasteiger charge is -2.10. The molecule has 96 valence electrons. The summed E-state index contributed by atoms with van der Waals surface area (Å²) in [5.74, 6) is 0.459. The first-order valence-electron chi connectivity index (χ1n) is 6.42. The van der Waals surface area contributed by atoms with E-state index in [0.717, 1.165) is 17.6 Å². The molecule has 2 N–H and O–H groups in total. The van der Waals surface area contributed by atoms with Gasteiger partial charge in [0.05, 0.1) is 15.2 Å². The van der Waals surface area contributed by atoms with Crippen molar-refractivity contribution in [3.63, 3.8) is 0 Å². The molecule has 0 saturated carbocycles. The summed E-state index contributed by atoms with van der Waals surface area (Å²) in [5, 5.41) is 1.20. The van der Waals surface area contributed by atoms with E-state index >= 15 is 0 Å². The Kier molecular flexibility index (Phi) is 3.22. The van der Waals surface area contributed by atoms with Crippen LogP contribution in [0.5, 0.6) is 0 Å². The Balaban J connectivity index is 1.82. The molecule has 0 bridgehead atoms. The van der Waals surface area contributed by atoms with Gasteiger partial charge in [0.2, 0.25) is 0 Å². The van der Waals surface area contributed by atoms with Gasteiger partial charge in [0.15, 0.2) is 0 Å². The summed E-state index contributed by atoms with van der Waals surface area (Å²) in [6.07, 6.45) is 0.975. The molecule has 2 nitrogen and oxygen atoms in total. The van der Waals surface area contributed by atoms with Crippen LogP contribution >= 0.6 is 11.3 Å². The van der Waals surface area contributed by atoms with Crippen LogP contribution in [0, 0.1) is 0 Å². The van der Waals surface area contributed by atoms with Gasteiger partial charge in [-0.2, -0.15) is 0 Å². The van der Waals surface area contributed by atoms with Gasteiger partial charge in [0.1, 0.15) is 0 Å². The number of anilines is 1. The largest absolute Gasteiger partial charge is 0.399 e. The topological polar surface area (TPSA) is 38.9 Å². The monoisotopic (exact) mass is 268 g/mol. The summed E-state index contributed by atoms with van der Waals surface area (Å²) >= 11 is 1.79. The maximum Gasteiger partial charge on any atom is 0.0944 e. The fourth-order valence-electron chi connectivity index (χ4n) is 2.21. The maximum atomic E-state index is 5.72. The molecule has 0 aliphatic rings. The summed E-state index contributed by atoms with van der Waals surface area (Å²) in [5.41, 5.74) is 8.95. The van der Waals surface area contributed by atoms with Crippen LogP contribution in [0.2, 0.25) is 0 Å². The van der Waals surface area contributed by atoms with Gasteiger partial charge in [-0.3, -0.25) is 0 Å². The number of hydrogen-bond acceptors (Lipinski definition) is 3. The van der Waals surface area contributed by atoms with Crippen molar-refractivity contribution in [3.8, 4) is 0 Å². The highest BCUT2D eigenvalue weighted by Crippen LogP contribution is 2.27. The predicted molar refractivity (Wildman–Crippen MR) is 82.6 cm³/mol. The Labute approximate surface area is 116 Å². The third-order valence-corrected chi connectivity index (χ3v) is 4.38. The lowest BCUT2D eigenvalue weighted by Crippen LogP contribution is -1.98. The summed E-state index contributed by atoms with van der Waals surface area (Å²) in [4.78, 5) is 4.69. The zero-order valence-electron chi connectivity index (χ0n) is 10.8. The van der Waals surface area contributed by atoms with Gasteiger partial charge < -0.3 is 5.73 Å². The minimum atomic E-state index is 0.459. The number of fused-ring (bicyclic) bond motifs is 1. The smallest absolute Gasteiger partial charge is 0.0944 e. The van der Waals surface area contributed by atoms with Gasteiger partial charge in [-0.25, -0.2) is 4.98 Å². The summed E-state index contributed by atoms with van der Waals surface area (Å²) < 4.78 is 1.27. The average molecular weight is 268 g/mol. The third kappa shape index (κ3) is 2.61. The van der Waals surface area contributed by atoms with Crippen molar-refractivity contribution < 1.29 is 0 Å². The molecule has 0 radical (unpaired) electrons. The highest BCUT2D eigenvalue weighted by atomic mass is 32.1. The fourth-order valence-corrected chi connectivity index (χ4v) is 3.31. The quantitative estimate of drug-likeness (QED) is 0.722. The SMILES string of the molecule is CC(Cc1nc2ccccc2s1)c1ccc(N)cc1. The molecule has 3 rings (SSSR count). The molecule has 1 aromatic heterocycles. The van der Waals surface area contributed by atoms with Crippen LogP contribution in [0.1, 0.15) is 23.4 Å². The minimum Gasteiger partial charge on any atom is -0.399 e. The zero-order chi connectivity index (χ0) is 13.2. The Bertz CT molecular complexity index is 652. The van der Waals surface area contributed by atoms with E-state index < -0.39 is 0 Å². The van der Waals surface area contributed by atoms with Crippen LogP contribution < -0.4 is 5.73 Å². The highest BCUT2D eigenvalue weighted by molar-refractivity contribution is 7.18. The number of nitrogens with two attached hydrogens (primary N) is 1. The van der Waals surface area contributed by atoms with E-state index in [4.69, 9.17) is 5.73 Å². The molecular weight excluding hydrogens is 252 g/mol. The number of hydrogen-bond donors (Lipinski definition) is 1. The average Bonchev–Trinajstić information content (AvgIpc) is 2.81. The first kappa shape index (κ1) is 12.2. The number of thiazole rings is 1. The molecule has 1 unspecified atom stereocenters. The van der Waals surface area contributed by atoms with Crippen molar-refractivity contribution >= 4 is 27.2 Å². The normalized spacial score (nSPS) is 12.7. The lowest BCUT2D eigenvalue weighted by molar-refractivity contribution is 0.756. The molecule has 0 aliphatic heterocycles. The van der Waals surface area contributed by atoms with E-state index in [-0.39, 0.29) is 0 Å². The third-order valence-electron chi connectivity index (χ3n) is 3.32. The maximum absolute atomic E-state index is 5.72. The molecule has 3 heteroatoms.